The Morgan fingerprint density at radius 2 is 1.43 bits per heavy atom. The first-order valence-corrected chi connectivity index (χ1v) is 12.8. The average molecular weight is 468 g/mol. The molecule has 30 heavy (non-hydrogen) atoms. The van der Waals surface area contributed by atoms with E-state index in [1.807, 2.05) is 18.7 Å². The standard InChI is InChI=1S/C8H7N3O.C6H12N2Si.C3H4N2.CCl2O/c12-8(10-4-1-2-5-10)11-6-3-9-7-11;1-9(2,3)8-5-4-7-6-8;1-2-5-3-4-1;2-1(3)4/h1-7H;4-6H,1-3H3;1-3H,(H,4,5);. The third kappa shape index (κ3) is 10.6. The Morgan fingerprint density at radius 3 is 1.77 bits per heavy atom. The van der Waals surface area contributed by atoms with E-state index in [0.29, 0.717) is 0 Å². The Morgan fingerprint density at radius 1 is 0.833 bits per heavy atom. The molecule has 0 aliphatic rings. The van der Waals surface area contributed by atoms with Gasteiger partial charge in [0.15, 0.2) is 8.24 Å². The van der Waals surface area contributed by atoms with Gasteiger partial charge in [0.1, 0.15) is 6.33 Å². The van der Waals surface area contributed by atoms with Crippen LogP contribution in [0, 0.1) is 0 Å². The van der Waals surface area contributed by atoms with Crippen LogP contribution in [-0.2, 0) is 0 Å². The van der Waals surface area contributed by atoms with E-state index in [9.17, 15) is 4.79 Å². The summed E-state index contributed by atoms with van der Waals surface area (Å²) < 4.78 is 4.23. The molecule has 0 bridgehead atoms. The number of aromatic amines is 1. The van der Waals surface area contributed by atoms with Gasteiger partial charge in [-0.05, 0) is 35.3 Å². The highest BCUT2D eigenvalue weighted by molar-refractivity contribution is 6.93. The molecule has 9 nitrogen and oxygen atoms in total. The smallest absolute Gasteiger partial charge is 0.337 e. The average Bonchev–Trinajstić information content (AvgIpc) is 3.51. The Bertz CT molecular complexity index is 876. The summed E-state index contributed by atoms with van der Waals surface area (Å²) in [4.78, 5) is 34.6. The zero-order valence-corrected chi connectivity index (χ0v) is 19.3. The number of H-pyrrole nitrogens is 1. The van der Waals surface area contributed by atoms with Gasteiger partial charge in [-0.25, -0.2) is 19.7 Å². The van der Waals surface area contributed by atoms with E-state index in [1.54, 1.807) is 55.6 Å². The molecule has 0 aromatic carbocycles. The third-order valence-corrected chi connectivity index (χ3v) is 5.05. The molecule has 0 saturated carbocycles. The van der Waals surface area contributed by atoms with Gasteiger partial charge < -0.3 is 9.22 Å². The summed E-state index contributed by atoms with van der Waals surface area (Å²) in [5.41, 5.74) is 0. The molecule has 1 N–H and O–H groups in total. The first-order valence-electron chi connectivity index (χ1n) is 8.63. The fraction of sp³-hybridized carbons (Fsp3) is 0.167. The maximum Gasteiger partial charge on any atom is 0.337 e. The monoisotopic (exact) mass is 467 g/mol. The van der Waals surface area contributed by atoms with E-state index in [2.05, 4.69) is 67.0 Å². The lowest BCUT2D eigenvalue weighted by molar-refractivity contribution is 0.244. The van der Waals surface area contributed by atoms with Crippen LogP contribution in [0.25, 0.3) is 0 Å². The number of halogens is 2. The van der Waals surface area contributed by atoms with Crippen LogP contribution < -0.4 is 0 Å². The number of hydrogen-bond donors (Lipinski definition) is 1. The lowest BCUT2D eigenvalue weighted by Crippen LogP contribution is -2.30. The van der Waals surface area contributed by atoms with E-state index in [0.717, 1.165) is 0 Å². The van der Waals surface area contributed by atoms with Crippen molar-refractivity contribution < 1.29 is 9.59 Å². The first-order chi connectivity index (χ1) is 14.2. The maximum absolute atomic E-state index is 11.5. The molecule has 4 heterocycles. The number of aromatic nitrogens is 7. The van der Waals surface area contributed by atoms with Crippen LogP contribution in [0.1, 0.15) is 0 Å². The molecule has 0 spiro atoms. The minimum Gasteiger partial charge on any atom is -0.365 e. The van der Waals surface area contributed by atoms with Gasteiger partial charge in [0, 0.05) is 49.6 Å². The zero-order valence-electron chi connectivity index (χ0n) is 16.8. The van der Waals surface area contributed by atoms with Crippen LogP contribution in [-0.4, -0.2) is 52.3 Å². The highest BCUT2D eigenvalue weighted by atomic mass is 35.5. The van der Waals surface area contributed by atoms with Gasteiger partial charge >= 0.3 is 10.7 Å². The fourth-order valence-electron chi connectivity index (χ4n) is 1.84. The molecule has 12 heteroatoms. The summed E-state index contributed by atoms with van der Waals surface area (Å²) in [6, 6.07) is 3.47. The summed E-state index contributed by atoms with van der Waals surface area (Å²) in [6.45, 7) is 6.86. The van der Waals surface area contributed by atoms with Gasteiger partial charge in [0.05, 0.1) is 12.7 Å². The lowest BCUT2D eigenvalue weighted by atomic mass is 10.7. The second-order valence-corrected chi connectivity index (χ2v) is 12.2. The topological polar surface area (TPSA) is 103 Å². The van der Waals surface area contributed by atoms with Crippen molar-refractivity contribution in [3.8, 4) is 0 Å². The van der Waals surface area contributed by atoms with Crippen LogP contribution in [0.5, 0.6) is 0 Å². The van der Waals surface area contributed by atoms with Crippen molar-refractivity contribution >= 4 is 42.2 Å². The van der Waals surface area contributed by atoms with E-state index in [4.69, 9.17) is 4.79 Å². The molecule has 4 aromatic rings. The molecule has 0 radical (unpaired) electrons. The second-order valence-electron chi connectivity index (χ2n) is 6.47. The zero-order chi connectivity index (χ0) is 22.4. The van der Waals surface area contributed by atoms with Gasteiger partial charge in [0.2, 0.25) is 0 Å². The van der Waals surface area contributed by atoms with Crippen molar-refractivity contribution in [3.05, 3.63) is 80.7 Å². The highest BCUT2D eigenvalue weighted by Gasteiger charge is 2.13. The third-order valence-electron chi connectivity index (χ3n) is 3.24. The van der Waals surface area contributed by atoms with E-state index in [1.165, 1.54) is 15.5 Å². The van der Waals surface area contributed by atoms with Gasteiger partial charge in [-0.2, -0.15) is 0 Å². The van der Waals surface area contributed by atoms with Crippen molar-refractivity contribution in [1.29, 1.82) is 0 Å². The largest absolute Gasteiger partial charge is 0.365 e. The van der Waals surface area contributed by atoms with Crippen LogP contribution >= 0.6 is 23.2 Å². The summed E-state index contributed by atoms with van der Waals surface area (Å²) >= 11 is 8.80. The van der Waals surface area contributed by atoms with Crippen molar-refractivity contribution in [2.45, 2.75) is 19.6 Å². The molecule has 0 aliphatic carbocycles. The van der Waals surface area contributed by atoms with Crippen LogP contribution in [0.4, 0.5) is 9.59 Å². The van der Waals surface area contributed by atoms with Gasteiger partial charge in [-0.3, -0.25) is 13.9 Å². The number of carbonyl (C=O) groups excluding carboxylic acids is 2. The summed E-state index contributed by atoms with van der Waals surface area (Å²) in [7, 11) is -1.13. The Labute approximate surface area is 185 Å². The first kappa shape index (κ1) is 25.1. The van der Waals surface area contributed by atoms with Gasteiger partial charge in [-0.15, -0.1) is 0 Å². The SMILES string of the molecule is C[Si](C)(C)n1ccnc1.O=C(Cl)Cl.O=C(n1cccc1)n1ccnc1.c1c[nH]cn1. The number of nitrogens with zero attached hydrogens (tertiary/aromatic N) is 6. The van der Waals surface area contributed by atoms with Crippen LogP contribution in [0.15, 0.2) is 80.7 Å². The predicted molar refractivity (Wildman–Crippen MR) is 120 cm³/mol. The predicted octanol–water partition coefficient (Wildman–Crippen LogP) is 4.76. The number of rotatable bonds is 1. The van der Waals surface area contributed by atoms with Crippen molar-refractivity contribution in [3.63, 3.8) is 0 Å². The minimum absolute atomic E-state index is 0.127. The van der Waals surface area contributed by atoms with Crippen molar-refractivity contribution in [1.82, 2.24) is 33.3 Å². The molecule has 0 unspecified atom stereocenters. The van der Waals surface area contributed by atoms with Crippen molar-refractivity contribution in [2.24, 2.45) is 0 Å². The second kappa shape index (κ2) is 13.3. The molecule has 4 aromatic heterocycles. The number of carbonyl (C=O) groups is 2. The molecular weight excluding hydrogens is 445 g/mol. The molecule has 4 rings (SSSR count). The molecule has 0 saturated heterocycles. The highest BCUT2D eigenvalue weighted by Crippen LogP contribution is 2.03. The number of imidazole rings is 3. The van der Waals surface area contributed by atoms with Crippen LogP contribution in [0.2, 0.25) is 19.6 Å². The van der Waals surface area contributed by atoms with Crippen molar-refractivity contribution in [2.75, 3.05) is 0 Å². The fourth-order valence-corrected chi connectivity index (χ4v) is 2.77. The number of nitrogens with one attached hydrogen (secondary N) is 1. The minimum atomic E-state index is -1.13. The van der Waals surface area contributed by atoms with Gasteiger partial charge in [-0.1, -0.05) is 19.6 Å². The maximum atomic E-state index is 11.5. The normalized spacial score (nSPS) is 9.77. The Kier molecular flexibility index (Phi) is 11.1. The molecule has 0 fully saturated rings. The van der Waals surface area contributed by atoms with E-state index >= 15 is 0 Å². The Hall–Kier alpha value is -2.95. The van der Waals surface area contributed by atoms with Crippen LogP contribution in [0.3, 0.4) is 0 Å². The summed E-state index contributed by atoms with van der Waals surface area (Å²) in [6.07, 6.45) is 18.9. The summed E-state index contributed by atoms with van der Waals surface area (Å²) in [5, 5.41) is 0. The molecule has 0 amide bonds. The number of hydrogen-bond acceptors (Lipinski definition) is 5. The molecular formula is C18H23Cl2N7O2Si. The van der Waals surface area contributed by atoms with E-state index < -0.39 is 12.9 Å². The van der Waals surface area contributed by atoms with E-state index in [-0.39, 0.29) is 6.03 Å². The van der Waals surface area contributed by atoms with Gasteiger partial charge in [0.25, 0.3) is 0 Å². The molecule has 0 aliphatic heterocycles. The summed E-state index contributed by atoms with van der Waals surface area (Å²) in [5.74, 6) is 0. The molecule has 0 atom stereocenters. The quantitative estimate of drug-likeness (QED) is 0.320. The lowest BCUT2D eigenvalue weighted by Gasteiger charge is -2.16. The Balaban J connectivity index is 0.000000220. The molecule has 160 valence electrons.